The molecule has 0 bridgehead atoms. The summed E-state index contributed by atoms with van der Waals surface area (Å²) in [7, 11) is -4.11. The lowest BCUT2D eigenvalue weighted by molar-refractivity contribution is 0.476. The standard InChI is InChI=1S/C9H9BrO3S/c1-2-9(14(11,12)13)7-3-5-8(10)6-4-7/h2-6,9H,1H2,(H,11,12,13). The van der Waals surface area contributed by atoms with Gasteiger partial charge in [-0.05, 0) is 17.7 Å². The molecule has 76 valence electrons. The van der Waals surface area contributed by atoms with Crippen LogP contribution >= 0.6 is 15.9 Å². The lowest BCUT2D eigenvalue weighted by Gasteiger charge is -2.08. The smallest absolute Gasteiger partial charge is 0.275 e. The topological polar surface area (TPSA) is 54.4 Å². The molecule has 0 saturated heterocycles. The van der Waals surface area contributed by atoms with Crippen molar-refractivity contribution in [2.45, 2.75) is 5.25 Å². The van der Waals surface area contributed by atoms with Crippen molar-refractivity contribution in [3.63, 3.8) is 0 Å². The van der Waals surface area contributed by atoms with Crippen LogP contribution < -0.4 is 0 Å². The SMILES string of the molecule is C=CC(c1ccc(Br)cc1)S(=O)(=O)O. The first kappa shape index (κ1) is 11.4. The van der Waals surface area contributed by atoms with Crippen LogP contribution in [0.15, 0.2) is 41.4 Å². The first-order valence-electron chi connectivity index (χ1n) is 3.79. The number of hydrogen-bond donors (Lipinski definition) is 1. The van der Waals surface area contributed by atoms with Gasteiger partial charge in [0.25, 0.3) is 10.1 Å². The molecule has 0 spiro atoms. The second kappa shape index (κ2) is 4.25. The van der Waals surface area contributed by atoms with Crippen LogP contribution in [-0.2, 0) is 10.1 Å². The summed E-state index contributed by atoms with van der Waals surface area (Å²) in [5, 5.41) is -1.06. The molecule has 1 N–H and O–H groups in total. The van der Waals surface area contributed by atoms with Crippen LogP contribution in [0.25, 0.3) is 0 Å². The van der Waals surface area contributed by atoms with E-state index in [9.17, 15) is 8.42 Å². The van der Waals surface area contributed by atoms with Crippen molar-refractivity contribution in [3.05, 3.63) is 47.0 Å². The molecule has 0 aliphatic heterocycles. The second-order valence-corrected chi connectivity index (χ2v) is 5.18. The number of benzene rings is 1. The Kier molecular flexibility index (Phi) is 3.47. The van der Waals surface area contributed by atoms with Gasteiger partial charge in [0.2, 0.25) is 0 Å². The first-order chi connectivity index (χ1) is 6.45. The van der Waals surface area contributed by atoms with Crippen LogP contribution in [-0.4, -0.2) is 13.0 Å². The molecule has 3 nitrogen and oxygen atoms in total. The van der Waals surface area contributed by atoms with E-state index in [-0.39, 0.29) is 0 Å². The van der Waals surface area contributed by atoms with Crippen LogP contribution in [0.2, 0.25) is 0 Å². The van der Waals surface area contributed by atoms with Gasteiger partial charge in [-0.25, -0.2) is 0 Å². The van der Waals surface area contributed by atoms with Crippen LogP contribution in [0, 0.1) is 0 Å². The van der Waals surface area contributed by atoms with Crippen molar-refractivity contribution in [1.29, 1.82) is 0 Å². The predicted molar refractivity (Wildman–Crippen MR) is 58.6 cm³/mol. The summed E-state index contributed by atoms with van der Waals surface area (Å²) in [5.74, 6) is 0. The van der Waals surface area contributed by atoms with Gasteiger partial charge in [-0.15, -0.1) is 6.58 Å². The normalized spacial score (nSPS) is 13.6. The molecular weight excluding hydrogens is 268 g/mol. The molecule has 0 heterocycles. The van der Waals surface area contributed by atoms with Gasteiger partial charge in [-0.2, -0.15) is 8.42 Å². The largest absolute Gasteiger partial charge is 0.285 e. The van der Waals surface area contributed by atoms with Crippen LogP contribution in [0.5, 0.6) is 0 Å². The average molecular weight is 277 g/mol. The van der Waals surface area contributed by atoms with Gasteiger partial charge in [-0.1, -0.05) is 34.1 Å². The summed E-state index contributed by atoms with van der Waals surface area (Å²) >= 11 is 3.23. The lowest BCUT2D eigenvalue weighted by Crippen LogP contribution is -2.09. The monoisotopic (exact) mass is 276 g/mol. The van der Waals surface area contributed by atoms with Gasteiger partial charge >= 0.3 is 0 Å². The summed E-state index contributed by atoms with van der Waals surface area (Å²) in [4.78, 5) is 0. The molecule has 0 amide bonds. The third kappa shape index (κ3) is 2.67. The average Bonchev–Trinajstić information content (AvgIpc) is 2.07. The van der Waals surface area contributed by atoms with Crippen molar-refractivity contribution < 1.29 is 13.0 Å². The minimum absolute atomic E-state index is 0.491. The maximum Gasteiger partial charge on any atom is 0.275 e. The molecule has 1 aromatic carbocycles. The quantitative estimate of drug-likeness (QED) is 0.682. The highest BCUT2D eigenvalue weighted by atomic mass is 79.9. The molecule has 0 radical (unpaired) electrons. The summed E-state index contributed by atoms with van der Waals surface area (Å²) in [5.41, 5.74) is 0.491. The Bertz CT molecular complexity index is 422. The van der Waals surface area contributed by atoms with Gasteiger partial charge in [0, 0.05) is 4.47 Å². The van der Waals surface area contributed by atoms with Crippen LogP contribution in [0.4, 0.5) is 0 Å². The molecule has 1 unspecified atom stereocenters. The Labute approximate surface area is 91.3 Å². The molecule has 0 fully saturated rings. The Morgan fingerprint density at radius 1 is 1.36 bits per heavy atom. The van der Waals surface area contributed by atoms with Crippen LogP contribution in [0.3, 0.4) is 0 Å². The fraction of sp³-hybridized carbons (Fsp3) is 0.111. The highest BCUT2D eigenvalue weighted by Crippen LogP contribution is 2.23. The van der Waals surface area contributed by atoms with Crippen LogP contribution in [0.1, 0.15) is 10.8 Å². The predicted octanol–water partition coefficient (Wildman–Crippen LogP) is 2.56. The Balaban J connectivity index is 3.15. The highest BCUT2D eigenvalue weighted by molar-refractivity contribution is 9.10. The molecule has 0 aliphatic carbocycles. The third-order valence-corrected chi connectivity index (χ3v) is 3.37. The van der Waals surface area contributed by atoms with Gasteiger partial charge in [0.15, 0.2) is 0 Å². The Morgan fingerprint density at radius 3 is 2.21 bits per heavy atom. The molecule has 0 aromatic heterocycles. The molecule has 0 aliphatic rings. The maximum absolute atomic E-state index is 10.9. The number of rotatable bonds is 3. The molecular formula is C9H9BrO3S. The zero-order chi connectivity index (χ0) is 10.8. The van der Waals surface area contributed by atoms with E-state index in [1.165, 1.54) is 6.08 Å². The summed E-state index contributed by atoms with van der Waals surface area (Å²) in [6.45, 7) is 3.38. The molecule has 0 saturated carbocycles. The first-order valence-corrected chi connectivity index (χ1v) is 6.09. The van der Waals surface area contributed by atoms with Gasteiger partial charge in [0.05, 0.1) is 0 Å². The van der Waals surface area contributed by atoms with Crippen molar-refractivity contribution >= 4 is 26.0 Å². The van der Waals surface area contributed by atoms with Crippen molar-refractivity contribution in [2.75, 3.05) is 0 Å². The van der Waals surface area contributed by atoms with E-state index in [1.54, 1.807) is 24.3 Å². The Hall–Kier alpha value is -0.650. The molecule has 14 heavy (non-hydrogen) atoms. The van der Waals surface area contributed by atoms with Gasteiger partial charge in [-0.3, -0.25) is 4.55 Å². The molecule has 1 atom stereocenters. The minimum Gasteiger partial charge on any atom is -0.285 e. The third-order valence-electron chi connectivity index (χ3n) is 1.73. The fourth-order valence-corrected chi connectivity index (χ4v) is 2.09. The minimum atomic E-state index is -4.11. The highest BCUT2D eigenvalue weighted by Gasteiger charge is 2.20. The lowest BCUT2D eigenvalue weighted by atomic mass is 10.1. The zero-order valence-corrected chi connectivity index (χ0v) is 9.62. The van der Waals surface area contributed by atoms with E-state index in [4.69, 9.17) is 4.55 Å². The molecule has 1 rings (SSSR count). The Morgan fingerprint density at radius 2 is 1.86 bits per heavy atom. The van der Waals surface area contributed by atoms with E-state index < -0.39 is 15.4 Å². The van der Waals surface area contributed by atoms with Gasteiger partial charge in [0.1, 0.15) is 5.25 Å². The number of hydrogen-bond acceptors (Lipinski definition) is 2. The van der Waals surface area contributed by atoms with E-state index in [0.29, 0.717) is 5.56 Å². The summed E-state index contributed by atoms with van der Waals surface area (Å²) in [6, 6.07) is 6.64. The fourth-order valence-electron chi connectivity index (χ4n) is 1.08. The second-order valence-electron chi connectivity index (χ2n) is 2.72. The van der Waals surface area contributed by atoms with Crippen molar-refractivity contribution in [3.8, 4) is 0 Å². The van der Waals surface area contributed by atoms with E-state index in [0.717, 1.165) is 4.47 Å². The van der Waals surface area contributed by atoms with E-state index in [1.807, 2.05) is 0 Å². The zero-order valence-electron chi connectivity index (χ0n) is 7.22. The molecule has 1 aromatic rings. The maximum atomic E-state index is 10.9. The van der Waals surface area contributed by atoms with Crippen molar-refractivity contribution in [1.82, 2.24) is 0 Å². The summed E-state index contributed by atoms with van der Waals surface area (Å²) < 4.78 is 31.6. The van der Waals surface area contributed by atoms with E-state index >= 15 is 0 Å². The number of halogens is 1. The van der Waals surface area contributed by atoms with Gasteiger partial charge < -0.3 is 0 Å². The van der Waals surface area contributed by atoms with E-state index in [2.05, 4.69) is 22.5 Å². The summed E-state index contributed by atoms with van der Waals surface area (Å²) in [6.07, 6.45) is 1.19. The van der Waals surface area contributed by atoms with Crippen molar-refractivity contribution in [2.24, 2.45) is 0 Å². The molecule has 5 heteroatoms.